The third-order valence-corrected chi connectivity index (χ3v) is 3.44. The van der Waals surface area contributed by atoms with E-state index in [0.717, 1.165) is 11.3 Å². The van der Waals surface area contributed by atoms with Crippen molar-refractivity contribution < 1.29 is 14.2 Å². The van der Waals surface area contributed by atoms with Gasteiger partial charge in [-0.25, -0.2) is 4.98 Å². The summed E-state index contributed by atoms with van der Waals surface area (Å²) < 4.78 is 16.0. The van der Waals surface area contributed by atoms with Crippen LogP contribution in [0.3, 0.4) is 0 Å². The number of thiazole rings is 1. The molecule has 0 saturated carbocycles. The van der Waals surface area contributed by atoms with Crippen LogP contribution >= 0.6 is 11.3 Å². The van der Waals surface area contributed by atoms with Crippen molar-refractivity contribution in [3.05, 3.63) is 34.3 Å². The minimum atomic E-state index is -0.401. The minimum absolute atomic E-state index is 0.401. The molecule has 0 radical (unpaired) electrons. The Kier molecular flexibility index (Phi) is 4.24. The lowest BCUT2D eigenvalue weighted by atomic mass is 10.0. The molecule has 0 aliphatic heterocycles. The van der Waals surface area contributed by atoms with Crippen LogP contribution in [0, 0.1) is 0 Å². The molecule has 0 spiro atoms. The molecule has 5 nitrogen and oxygen atoms in total. The molecule has 0 aliphatic carbocycles. The van der Waals surface area contributed by atoms with Crippen molar-refractivity contribution in [2.75, 3.05) is 21.3 Å². The van der Waals surface area contributed by atoms with Crippen molar-refractivity contribution in [1.82, 2.24) is 4.98 Å². The second-order valence-corrected chi connectivity index (χ2v) is 4.56. The highest BCUT2D eigenvalue weighted by Gasteiger charge is 2.22. The molecule has 102 valence electrons. The molecule has 1 heterocycles. The van der Waals surface area contributed by atoms with E-state index in [9.17, 15) is 0 Å². The number of hydrogen-bond donors (Lipinski definition) is 1. The van der Waals surface area contributed by atoms with Crippen LogP contribution < -0.4 is 19.9 Å². The van der Waals surface area contributed by atoms with Crippen molar-refractivity contribution in [1.29, 1.82) is 0 Å². The van der Waals surface area contributed by atoms with Crippen molar-refractivity contribution in [3.8, 4) is 17.2 Å². The Labute approximate surface area is 115 Å². The number of ether oxygens (including phenoxy) is 3. The van der Waals surface area contributed by atoms with E-state index in [0.29, 0.717) is 17.2 Å². The summed E-state index contributed by atoms with van der Waals surface area (Å²) in [5.74, 6) is 1.90. The predicted molar refractivity (Wildman–Crippen MR) is 74.2 cm³/mol. The monoisotopic (exact) mass is 280 g/mol. The fraction of sp³-hybridized carbons (Fsp3) is 0.308. The van der Waals surface area contributed by atoms with Crippen LogP contribution in [-0.2, 0) is 0 Å². The lowest BCUT2D eigenvalue weighted by molar-refractivity contribution is 0.366. The fourth-order valence-corrected chi connectivity index (χ4v) is 2.45. The molecular weight excluding hydrogens is 264 g/mol. The van der Waals surface area contributed by atoms with Gasteiger partial charge in [0.2, 0.25) is 0 Å². The van der Waals surface area contributed by atoms with E-state index < -0.39 is 6.04 Å². The van der Waals surface area contributed by atoms with Gasteiger partial charge in [-0.05, 0) is 0 Å². The molecule has 1 unspecified atom stereocenters. The van der Waals surface area contributed by atoms with Crippen molar-refractivity contribution in [2.45, 2.75) is 6.04 Å². The zero-order valence-electron chi connectivity index (χ0n) is 11.0. The molecule has 1 aromatic carbocycles. The van der Waals surface area contributed by atoms with Crippen LogP contribution in [-0.4, -0.2) is 26.3 Å². The first-order valence-corrected chi connectivity index (χ1v) is 6.59. The van der Waals surface area contributed by atoms with Gasteiger partial charge in [-0.3, -0.25) is 0 Å². The lowest BCUT2D eigenvalue weighted by Gasteiger charge is -2.18. The third kappa shape index (κ3) is 2.64. The molecule has 6 heteroatoms. The highest BCUT2D eigenvalue weighted by molar-refractivity contribution is 7.07. The smallest absolute Gasteiger partial charge is 0.131 e. The number of methoxy groups -OCH3 is 3. The molecule has 1 aromatic heterocycles. The number of aromatic nitrogens is 1. The van der Waals surface area contributed by atoms with Gasteiger partial charge in [0, 0.05) is 17.5 Å². The van der Waals surface area contributed by atoms with Gasteiger partial charge in [0.25, 0.3) is 0 Å². The average molecular weight is 280 g/mol. The molecule has 2 rings (SSSR count). The molecule has 0 bridgehead atoms. The summed E-state index contributed by atoms with van der Waals surface area (Å²) in [6.45, 7) is 0. The van der Waals surface area contributed by atoms with Gasteiger partial charge in [0.15, 0.2) is 0 Å². The maximum absolute atomic E-state index is 6.25. The molecule has 0 fully saturated rings. The average Bonchev–Trinajstić information content (AvgIpc) is 2.99. The van der Waals surface area contributed by atoms with E-state index >= 15 is 0 Å². The fourth-order valence-electron chi connectivity index (χ4n) is 1.86. The largest absolute Gasteiger partial charge is 0.496 e. The summed E-state index contributed by atoms with van der Waals surface area (Å²) in [6.07, 6.45) is 0. The molecular formula is C13H16N2O3S. The minimum Gasteiger partial charge on any atom is -0.496 e. The topological polar surface area (TPSA) is 66.6 Å². The zero-order valence-corrected chi connectivity index (χ0v) is 11.9. The summed E-state index contributed by atoms with van der Waals surface area (Å²) in [5, 5.41) is 1.91. The Morgan fingerprint density at radius 1 is 1.11 bits per heavy atom. The Morgan fingerprint density at radius 3 is 2.16 bits per heavy atom. The first kappa shape index (κ1) is 13.6. The summed E-state index contributed by atoms with van der Waals surface area (Å²) in [6, 6.07) is 3.16. The van der Waals surface area contributed by atoms with E-state index in [1.165, 1.54) is 11.3 Å². The molecule has 19 heavy (non-hydrogen) atoms. The summed E-state index contributed by atoms with van der Waals surface area (Å²) in [7, 11) is 4.77. The standard InChI is InChI=1S/C13H16N2O3S/c1-16-8-4-10(17-2)12(11(5-8)18-3)13(14)9-6-19-7-15-9/h4-7,13H,14H2,1-3H3. The van der Waals surface area contributed by atoms with Crippen LogP contribution in [0.4, 0.5) is 0 Å². The lowest BCUT2D eigenvalue weighted by Crippen LogP contribution is -2.15. The molecule has 0 aliphatic rings. The van der Waals surface area contributed by atoms with Gasteiger partial charge < -0.3 is 19.9 Å². The number of nitrogens with zero attached hydrogens (tertiary/aromatic N) is 1. The normalized spacial score (nSPS) is 12.0. The third-order valence-electron chi connectivity index (χ3n) is 2.83. The van der Waals surface area contributed by atoms with Crippen LogP contribution in [0.2, 0.25) is 0 Å². The number of nitrogens with two attached hydrogens (primary N) is 1. The second-order valence-electron chi connectivity index (χ2n) is 3.84. The molecule has 2 N–H and O–H groups in total. The van der Waals surface area contributed by atoms with E-state index in [4.69, 9.17) is 19.9 Å². The van der Waals surface area contributed by atoms with Crippen molar-refractivity contribution >= 4 is 11.3 Å². The van der Waals surface area contributed by atoms with Crippen molar-refractivity contribution in [3.63, 3.8) is 0 Å². The summed E-state index contributed by atoms with van der Waals surface area (Å²) in [5.41, 5.74) is 9.54. The number of benzene rings is 1. The van der Waals surface area contributed by atoms with Gasteiger partial charge in [-0.2, -0.15) is 0 Å². The Balaban J connectivity index is 2.54. The SMILES string of the molecule is COc1cc(OC)c(C(N)c2cscn2)c(OC)c1. The Morgan fingerprint density at radius 2 is 1.74 bits per heavy atom. The zero-order chi connectivity index (χ0) is 13.8. The number of hydrogen-bond acceptors (Lipinski definition) is 6. The van der Waals surface area contributed by atoms with Gasteiger partial charge in [-0.1, -0.05) is 0 Å². The van der Waals surface area contributed by atoms with Gasteiger partial charge >= 0.3 is 0 Å². The first-order chi connectivity index (χ1) is 9.21. The van der Waals surface area contributed by atoms with Gasteiger partial charge in [-0.15, -0.1) is 11.3 Å². The number of rotatable bonds is 5. The van der Waals surface area contributed by atoms with E-state index in [1.807, 2.05) is 5.38 Å². The van der Waals surface area contributed by atoms with Crippen LogP contribution in [0.1, 0.15) is 17.3 Å². The predicted octanol–water partition coefficient (Wildman–Crippen LogP) is 2.22. The Bertz CT molecular complexity index is 518. The van der Waals surface area contributed by atoms with Crippen molar-refractivity contribution in [2.24, 2.45) is 5.73 Å². The molecule has 0 amide bonds. The molecule has 1 atom stereocenters. The second kappa shape index (κ2) is 5.90. The maximum Gasteiger partial charge on any atom is 0.131 e. The van der Waals surface area contributed by atoms with E-state index in [-0.39, 0.29) is 0 Å². The first-order valence-electron chi connectivity index (χ1n) is 5.64. The van der Waals surface area contributed by atoms with E-state index in [2.05, 4.69) is 4.98 Å². The highest BCUT2D eigenvalue weighted by atomic mass is 32.1. The molecule has 0 saturated heterocycles. The highest BCUT2D eigenvalue weighted by Crippen LogP contribution is 2.39. The van der Waals surface area contributed by atoms with Gasteiger partial charge in [0.1, 0.15) is 17.2 Å². The van der Waals surface area contributed by atoms with E-state index in [1.54, 1.807) is 39.0 Å². The summed E-state index contributed by atoms with van der Waals surface area (Å²) in [4.78, 5) is 4.24. The van der Waals surface area contributed by atoms with Crippen LogP contribution in [0.15, 0.2) is 23.0 Å². The maximum atomic E-state index is 6.25. The molecule has 2 aromatic rings. The van der Waals surface area contributed by atoms with Gasteiger partial charge in [0.05, 0.1) is 44.1 Å². The quantitative estimate of drug-likeness (QED) is 0.909. The van der Waals surface area contributed by atoms with Crippen LogP contribution in [0.25, 0.3) is 0 Å². The van der Waals surface area contributed by atoms with Crippen LogP contribution in [0.5, 0.6) is 17.2 Å². The Hall–Kier alpha value is -1.79. The summed E-state index contributed by atoms with van der Waals surface area (Å²) >= 11 is 1.50.